The molecule has 1 N–H and O–H groups in total. The van der Waals surface area contributed by atoms with Gasteiger partial charge < -0.3 is 5.11 Å². The van der Waals surface area contributed by atoms with E-state index in [1.54, 1.807) is 31.2 Å². The van der Waals surface area contributed by atoms with Gasteiger partial charge in [-0.25, -0.2) is 8.42 Å². The van der Waals surface area contributed by atoms with E-state index in [2.05, 4.69) is 0 Å². The zero-order valence-corrected chi connectivity index (χ0v) is 10.8. The molecule has 0 radical (unpaired) electrons. The van der Waals surface area contributed by atoms with E-state index in [4.69, 9.17) is 11.6 Å². The summed E-state index contributed by atoms with van der Waals surface area (Å²) < 4.78 is 23.2. The molecule has 0 saturated carbocycles. The van der Waals surface area contributed by atoms with E-state index in [-0.39, 0.29) is 0 Å². The van der Waals surface area contributed by atoms with E-state index in [1.807, 2.05) is 0 Å². The molecule has 0 spiro atoms. The molecule has 0 amide bonds. The van der Waals surface area contributed by atoms with Gasteiger partial charge >= 0.3 is 0 Å². The van der Waals surface area contributed by atoms with Crippen LogP contribution in [0, 0.1) is 0 Å². The van der Waals surface area contributed by atoms with Crippen LogP contribution in [0.1, 0.15) is 24.2 Å². The van der Waals surface area contributed by atoms with Gasteiger partial charge in [0.05, 0.1) is 6.10 Å². The molecule has 1 rings (SSSR count). The maximum Gasteiger partial charge on any atom is 0.157 e. The highest BCUT2D eigenvalue weighted by Gasteiger charge is 2.29. The summed E-state index contributed by atoms with van der Waals surface area (Å²) in [6, 6.07) is 6.51. The van der Waals surface area contributed by atoms with E-state index in [0.29, 0.717) is 17.0 Å². The number of halogens is 1. The molecular weight excluding hydrogens is 248 g/mol. The van der Waals surface area contributed by atoms with Crippen LogP contribution in [0.4, 0.5) is 0 Å². The lowest BCUT2D eigenvalue weighted by Crippen LogP contribution is -2.25. The molecule has 0 aliphatic heterocycles. The van der Waals surface area contributed by atoms with Crippen molar-refractivity contribution in [3.05, 3.63) is 34.9 Å². The average molecular weight is 263 g/mol. The van der Waals surface area contributed by atoms with Gasteiger partial charge in [-0.05, 0) is 24.1 Å². The van der Waals surface area contributed by atoms with E-state index in [9.17, 15) is 13.5 Å². The van der Waals surface area contributed by atoms with Crippen LogP contribution in [-0.4, -0.2) is 25.9 Å². The van der Waals surface area contributed by atoms with Crippen molar-refractivity contribution < 1.29 is 13.5 Å². The van der Waals surface area contributed by atoms with E-state index in [1.165, 1.54) is 0 Å². The molecule has 90 valence electrons. The lowest BCUT2D eigenvalue weighted by atomic mass is 10.1. The Balaban J connectivity index is 3.17. The highest BCUT2D eigenvalue weighted by molar-refractivity contribution is 7.91. The van der Waals surface area contributed by atoms with Gasteiger partial charge in [0.1, 0.15) is 5.25 Å². The normalized spacial score (nSPS) is 15.8. The summed E-state index contributed by atoms with van der Waals surface area (Å²) in [4.78, 5) is 0. The first-order valence-corrected chi connectivity index (χ1v) is 7.32. The molecule has 5 heteroatoms. The van der Waals surface area contributed by atoms with Crippen molar-refractivity contribution in [1.82, 2.24) is 0 Å². The summed E-state index contributed by atoms with van der Waals surface area (Å²) in [6.07, 6.45) is 0.627. The summed E-state index contributed by atoms with van der Waals surface area (Å²) in [7, 11) is -3.34. The third kappa shape index (κ3) is 3.20. The number of sulfone groups is 1. The number of benzene rings is 1. The van der Waals surface area contributed by atoms with Crippen molar-refractivity contribution in [3.63, 3.8) is 0 Å². The van der Waals surface area contributed by atoms with Gasteiger partial charge in [-0.2, -0.15) is 0 Å². The van der Waals surface area contributed by atoms with Gasteiger partial charge in [-0.15, -0.1) is 0 Å². The lowest BCUT2D eigenvalue weighted by molar-refractivity contribution is 0.164. The van der Waals surface area contributed by atoms with Gasteiger partial charge in [-0.1, -0.05) is 30.7 Å². The number of rotatable bonds is 4. The molecule has 0 aliphatic rings. The quantitative estimate of drug-likeness (QED) is 0.905. The van der Waals surface area contributed by atoms with Gasteiger partial charge in [0.2, 0.25) is 0 Å². The van der Waals surface area contributed by atoms with Crippen molar-refractivity contribution in [2.75, 3.05) is 6.26 Å². The zero-order chi connectivity index (χ0) is 12.3. The predicted molar refractivity (Wildman–Crippen MR) is 65.3 cm³/mol. The Bertz CT molecular complexity index is 439. The van der Waals surface area contributed by atoms with Gasteiger partial charge in [-0.3, -0.25) is 0 Å². The average Bonchev–Trinajstić information content (AvgIpc) is 2.19. The largest absolute Gasteiger partial charge is 0.391 e. The molecule has 0 heterocycles. The third-order valence-corrected chi connectivity index (χ3v) is 4.19. The van der Waals surface area contributed by atoms with E-state index < -0.39 is 21.2 Å². The standard InChI is InChI=1S/C11H15ClO3S/c1-3-10(13)11(16(2,14)15)8-4-6-9(12)7-5-8/h4-7,10-11,13H,3H2,1-2H3. The predicted octanol–water partition coefficient (Wildman–Crippen LogP) is 2.20. The van der Waals surface area contributed by atoms with E-state index >= 15 is 0 Å². The number of hydrogen-bond acceptors (Lipinski definition) is 3. The fourth-order valence-electron chi connectivity index (χ4n) is 1.62. The molecule has 1 aromatic carbocycles. The van der Waals surface area contributed by atoms with Crippen molar-refractivity contribution in [2.24, 2.45) is 0 Å². The monoisotopic (exact) mass is 262 g/mol. The third-order valence-electron chi connectivity index (χ3n) is 2.43. The van der Waals surface area contributed by atoms with Crippen LogP contribution in [0.5, 0.6) is 0 Å². The highest BCUT2D eigenvalue weighted by Crippen LogP contribution is 2.28. The minimum atomic E-state index is -3.34. The SMILES string of the molecule is CCC(O)C(c1ccc(Cl)cc1)S(C)(=O)=O. The molecule has 0 fully saturated rings. The summed E-state index contributed by atoms with van der Waals surface area (Å²) in [5, 5.41) is 9.43. The molecule has 1 aromatic rings. The Hall–Kier alpha value is -0.580. The Kier molecular flexibility index (Phi) is 4.35. The van der Waals surface area contributed by atoms with Crippen LogP contribution in [-0.2, 0) is 9.84 Å². The Morgan fingerprint density at radius 2 is 1.81 bits per heavy atom. The number of aliphatic hydroxyl groups excluding tert-OH is 1. The summed E-state index contributed by atoms with van der Waals surface area (Å²) in [5.74, 6) is 0. The van der Waals surface area contributed by atoms with Crippen LogP contribution >= 0.6 is 11.6 Å². The number of aliphatic hydroxyl groups is 1. The number of hydrogen-bond donors (Lipinski definition) is 1. The molecular formula is C11H15ClO3S. The van der Waals surface area contributed by atoms with Crippen LogP contribution < -0.4 is 0 Å². The van der Waals surface area contributed by atoms with Gasteiger partial charge in [0.25, 0.3) is 0 Å². The minimum absolute atomic E-state index is 0.389. The highest BCUT2D eigenvalue weighted by atomic mass is 35.5. The van der Waals surface area contributed by atoms with Crippen molar-refractivity contribution in [3.8, 4) is 0 Å². The molecule has 0 saturated heterocycles. The Morgan fingerprint density at radius 3 is 2.19 bits per heavy atom. The first-order chi connectivity index (χ1) is 7.36. The molecule has 2 atom stereocenters. The second-order valence-electron chi connectivity index (χ2n) is 3.78. The molecule has 0 bridgehead atoms. The van der Waals surface area contributed by atoms with E-state index in [0.717, 1.165) is 6.26 Å². The maximum atomic E-state index is 11.6. The van der Waals surface area contributed by atoms with Gasteiger partial charge in [0, 0.05) is 11.3 Å². The molecule has 0 aliphatic carbocycles. The first kappa shape index (κ1) is 13.5. The van der Waals surface area contributed by atoms with Crippen molar-refractivity contribution in [1.29, 1.82) is 0 Å². The summed E-state index contributed by atoms with van der Waals surface area (Å²) in [6.45, 7) is 1.75. The molecule has 0 aromatic heterocycles. The Labute approximate surface area is 101 Å². The second-order valence-corrected chi connectivity index (χ2v) is 6.38. The van der Waals surface area contributed by atoms with Crippen LogP contribution in [0.25, 0.3) is 0 Å². The fraction of sp³-hybridized carbons (Fsp3) is 0.455. The molecule has 3 nitrogen and oxygen atoms in total. The topological polar surface area (TPSA) is 54.4 Å². The second kappa shape index (κ2) is 5.17. The Morgan fingerprint density at radius 1 is 1.31 bits per heavy atom. The molecule has 2 unspecified atom stereocenters. The first-order valence-electron chi connectivity index (χ1n) is 4.98. The van der Waals surface area contributed by atoms with Crippen molar-refractivity contribution >= 4 is 21.4 Å². The van der Waals surface area contributed by atoms with Crippen LogP contribution in [0.3, 0.4) is 0 Å². The minimum Gasteiger partial charge on any atom is -0.391 e. The van der Waals surface area contributed by atoms with Crippen LogP contribution in [0.15, 0.2) is 24.3 Å². The van der Waals surface area contributed by atoms with Crippen LogP contribution in [0.2, 0.25) is 5.02 Å². The molecule has 16 heavy (non-hydrogen) atoms. The van der Waals surface area contributed by atoms with Crippen molar-refractivity contribution in [2.45, 2.75) is 24.7 Å². The lowest BCUT2D eigenvalue weighted by Gasteiger charge is -2.20. The summed E-state index contributed by atoms with van der Waals surface area (Å²) in [5.41, 5.74) is 0.571. The summed E-state index contributed by atoms with van der Waals surface area (Å²) >= 11 is 5.73. The fourth-order valence-corrected chi connectivity index (χ4v) is 3.16. The zero-order valence-electron chi connectivity index (χ0n) is 9.22. The maximum absolute atomic E-state index is 11.6. The smallest absolute Gasteiger partial charge is 0.157 e. The van der Waals surface area contributed by atoms with Gasteiger partial charge in [0.15, 0.2) is 9.84 Å².